The lowest BCUT2D eigenvalue weighted by Gasteiger charge is -2.18. The first kappa shape index (κ1) is 14.1. The molecule has 1 aromatic heterocycles. The van der Waals surface area contributed by atoms with Crippen LogP contribution in [0, 0.1) is 12.7 Å². The summed E-state index contributed by atoms with van der Waals surface area (Å²) in [5.41, 5.74) is 2.96. The second-order valence-electron chi connectivity index (χ2n) is 4.53. The van der Waals surface area contributed by atoms with Crippen LogP contribution in [0.1, 0.15) is 29.7 Å². The van der Waals surface area contributed by atoms with E-state index in [0.717, 1.165) is 23.2 Å². The number of hydrogen-bond acceptors (Lipinski definition) is 2. The van der Waals surface area contributed by atoms with E-state index < -0.39 is 0 Å². The Balaban J connectivity index is 2.26. The minimum Gasteiger partial charge on any atom is -0.453 e. The molecule has 0 spiro atoms. The number of likely N-dealkylation sites (N-methyl/N-ethyl adjacent to an activating group) is 1. The van der Waals surface area contributed by atoms with E-state index in [1.807, 2.05) is 19.9 Å². The molecule has 19 heavy (non-hydrogen) atoms. The molecule has 0 aliphatic carbocycles. The van der Waals surface area contributed by atoms with Gasteiger partial charge < -0.3 is 9.73 Å². The quantitative estimate of drug-likeness (QED) is 0.885. The highest BCUT2D eigenvalue weighted by Gasteiger charge is 2.17. The summed E-state index contributed by atoms with van der Waals surface area (Å²) in [5, 5.41) is 3.74. The Morgan fingerprint density at radius 3 is 2.79 bits per heavy atom. The molecule has 0 bridgehead atoms. The molecule has 1 aromatic carbocycles. The summed E-state index contributed by atoms with van der Waals surface area (Å²) < 4.78 is 18.5. The lowest BCUT2D eigenvalue weighted by atomic mass is 9.97. The van der Waals surface area contributed by atoms with Crippen LogP contribution in [0.5, 0.6) is 0 Å². The molecule has 2 rings (SSSR count). The zero-order valence-corrected chi connectivity index (χ0v) is 11.8. The second kappa shape index (κ2) is 6.22. The van der Waals surface area contributed by atoms with E-state index in [2.05, 4.69) is 5.32 Å². The zero-order chi connectivity index (χ0) is 13.8. The first-order valence-corrected chi connectivity index (χ1v) is 6.71. The number of benzene rings is 1. The van der Waals surface area contributed by atoms with Gasteiger partial charge in [0.15, 0.2) is 5.22 Å². The largest absolute Gasteiger partial charge is 0.453 e. The Morgan fingerprint density at radius 1 is 1.37 bits per heavy atom. The van der Waals surface area contributed by atoms with Gasteiger partial charge in [-0.1, -0.05) is 13.0 Å². The molecule has 1 heterocycles. The molecule has 1 unspecified atom stereocenters. The first-order chi connectivity index (χ1) is 9.11. The fraction of sp³-hybridized carbons (Fsp3) is 0.333. The highest BCUT2D eigenvalue weighted by Crippen LogP contribution is 2.27. The molecular formula is C15H17ClFNO. The molecule has 0 fully saturated rings. The molecule has 1 atom stereocenters. The van der Waals surface area contributed by atoms with Gasteiger partial charge in [0.2, 0.25) is 0 Å². The second-order valence-corrected chi connectivity index (χ2v) is 4.88. The van der Waals surface area contributed by atoms with Gasteiger partial charge in [-0.25, -0.2) is 4.39 Å². The van der Waals surface area contributed by atoms with Crippen LogP contribution < -0.4 is 5.32 Å². The topological polar surface area (TPSA) is 25.2 Å². The lowest BCUT2D eigenvalue weighted by molar-refractivity contribution is 0.524. The van der Waals surface area contributed by atoms with Crippen molar-refractivity contribution in [3.8, 4) is 0 Å². The van der Waals surface area contributed by atoms with Crippen LogP contribution in [0.3, 0.4) is 0 Å². The highest BCUT2D eigenvalue weighted by atomic mass is 35.5. The van der Waals surface area contributed by atoms with Gasteiger partial charge in [-0.15, -0.1) is 0 Å². The SMILES string of the molecule is CCNC(Cc1cc(F)ccc1C)c1ccoc1Cl. The maximum atomic E-state index is 13.3. The standard InChI is InChI=1S/C15H17ClFNO/c1-3-18-14(13-6-7-19-15(13)16)9-11-8-12(17)5-4-10(11)2/h4-8,14,18H,3,9H2,1-2H3. The molecular weight excluding hydrogens is 265 g/mol. The molecule has 0 radical (unpaired) electrons. The number of rotatable bonds is 5. The van der Waals surface area contributed by atoms with Gasteiger partial charge in [-0.05, 0) is 60.8 Å². The fourth-order valence-corrected chi connectivity index (χ4v) is 2.42. The molecule has 2 nitrogen and oxygen atoms in total. The maximum Gasteiger partial charge on any atom is 0.197 e. The maximum absolute atomic E-state index is 13.3. The van der Waals surface area contributed by atoms with E-state index in [4.69, 9.17) is 16.0 Å². The number of hydrogen-bond donors (Lipinski definition) is 1. The molecule has 1 N–H and O–H groups in total. The van der Waals surface area contributed by atoms with E-state index in [1.54, 1.807) is 18.4 Å². The third-order valence-corrected chi connectivity index (χ3v) is 3.51. The van der Waals surface area contributed by atoms with Crippen molar-refractivity contribution in [1.29, 1.82) is 0 Å². The summed E-state index contributed by atoms with van der Waals surface area (Å²) in [6.45, 7) is 4.81. The van der Waals surface area contributed by atoms with Gasteiger partial charge in [0, 0.05) is 11.6 Å². The van der Waals surface area contributed by atoms with E-state index in [0.29, 0.717) is 11.6 Å². The van der Waals surface area contributed by atoms with Gasteiger partial charge in [-0.2, -0.15) is 0 Å². The Bertz CT molecular complexity index is 553. The van der Waals surface area contributed by atoms with Gasteiger partial charge in [0.25, 0.3) is 0 Å². The summed E-state index contributed by atoms with van der Waals surface area (Å²) in [6.07, 6.45) is 2.25. The first-order valence-electron chi connectivity index (χ1n) is 6.33. The third kappa shape index (κ3) is 3.37. The van der Waals surface area contributed by atoms with Crippen molar-refractivity contribution in [3.05, 3.63) is 58.3 Å². The number of aryl methyl sites for hydroxylation is 1. The van der Waals surface area contributed by atoms with Crippen LogP contribution in [0.2, 0.25) is 5.22 Å². The monoisotopic (exact) mass is 281 g/mol. The minimum absolute atomic E-state index is 0.0248. The Morgan fingerprint density at radius 2 is 2.16 bits per heavy atom. The van der Waals surface area contributed by atoms with Crippen LogP contribution >= 0.6 is 11.6 Å². The Labute approximate surface area is 117 Å². The lowest BCUT2D eigenvalue weighted by Crippen LogP contribution is -2.23. The molecule has 0 saturated heterocycles. The summed E-state index contributed by atoms with van der Waals surface area (Å²) in [6, 6.07) is 6.73. The average molecular weight is 282 g/mol. The molecule has 2 aromatic rings. The molecule has 0 aliphatic heterocycles. The predicted molar refractivity (Wildman–Crippen MR) is 75.0 cm³/mol. The van der Waals surface area contributed by atoms with Gasteiger partial charge in [-0.3, -0.25) is 0 Å². The van der Waals surface area contributed by atoms with Crippen LogP contribution in [0.4, 0.5) is 4.39 Å². The van der Waals surface area contributed by atoms with Crippen molar-refractivity contribution < 1.29 is 8.81 Å². The van der Waals surface area contributed by atoms with Gasteiger partial charge >= 0.3 is 0 Å². The van der Waals surface area contributed by atoms with Crippen LogP contribution in [0.25, 0.3) is 0 Å². The van der Waals surface area contributed by atoms with E-state index in [9.17, 15) is 4.39 Å². The summed E-state index contributed by atoms with van der Waals surface area (Å²) in [4.78, 5) is 0. The van der Waals surface area contributed by atoms with Crippen LogP contribution in [0.15, 0.2) is 34.9 Å². The van der Waals surface area contributed by atoms with Gasteiger partial charge in [0.1, 0.15) is 5.82 Å². The van der Waals surface area contributed by atoms with Crippen molar-refractivity contribution in [2.45, 2.75) is 26.3 Å². The van der Waals surface area contributed by atoms with E-state index in [1.165, 1.54) is 6.07 Å². The number of halogens is 2. The summed E-state index contributed by atoms with van der Waals surface area (Å²) in [7, 11) is 0. The zero-order valence-electron chi connectivity index (χ0n) is 11.0. The molecule has 0 saturated carbocycles. The van der Waals surface area contributed by atoms with Crippen LogP contribution in [-0.4, -0.2) is 6.54 Å². The van der Waals surface area contributed by atoms with Crippen molar-refractivity contribution in [3.63, 3.8) is 0 Å². The van der Waals surface area contributed by atoms with Crippen LogP contribution in [-0.2, 0) is 6.42 Å². The third-order valence-electron chi connectivity index (χ3n) is 3.21. The molecule has 0 amide bonds. The smallest absolute Gasteiger partial charge is 0.197 e. The Kier molecular flexibility index (Phi) is 4.61. The molecule has 4 heteroatoms. The number of nitrogens with one attached hydrogen (secondary N) is 1. The van der Waals surface area contributed by atoms with Crippen molar-refractivity contribution in [2.24, 2.45) is 0 Å². The normalized spacial score (nSPS) is 12.6. The van der Waals surface area contributed by atoms with Crippen molar-refractivity contribution >= 4 is 11.6 Å². The van der Waals surface area contributed by atoms with E-state index >= 15 is 0 Å². The fourth-order valence-electron chi connectivity index (χ4n) is 2.17. The predicted octanol–water partition coefficient (Wildman–Crippen LogP) is 4.27. The highest BCUT2D eigenvalue weighted by molar-refractivity contribution is 6.29. The Hall–Kier alpha value is -1.32. The van der Waals surface area contributed by atoms with E-state index in [-0.39, 0.29) is 11.9 Å². The van der Waals surface area contributed by atoms with Gasteiger partial charge in [0.05, 0.1) is 6.26 Å². The minimum atomic E-state index is -0.214. The molecule has 102 valence electrons. The molecule has 0 aliphatic rings. The van der Waals surface area contributed by atoms with Crippen molar-refractivity contribution in [1.82, 2.24) is 5.32 Å². The summed E-state index contributed by atoms with van der Waals surface area (Å²) >= 11 is 6.03. The average Bonchev–Trinajstić information content (AvgIpc) is 2.79. The number of furan rings is 1. The van der Waals surface area contributed by atoms with Crippen molar-refractivity contribution in [2.75, 3.05) is 6.54 Å². The summed E-state index contributed by atoms with van der Waals surface area (Å²) in [5.74, 6) is -0.214.